The van der Waals surface area contributed by atoms with Gasteiger partial charge in [-0.2, -0.15) is 0 Å². The van der Waals surface area contributed by atoms with E-state index >= 15 is 0 Å². The van der Waals surface area contributed by atoms with Crippen LogP contribution < -0.4 is 9.62 Å². The van der Waals surface area contributed by atoms with Crippen molar-refractivity contribution in [3.63, 3.8) is 0 Å². The molecule has 0 fully saturated rings. The highest BCUT2D eigenvalue weighted by molar-refractivity contribution is 7.92. The second-order valence-electron chi connectivity index (χ2n) is 9.83. The second kappa shape index (κ2) is 14.7. The molecule has 1 atom stereocenters. The Kier molecular flexibility index (Phi) is 11.6. The van der Waals surface area contributed by atoms with Crippen LogP contribution in [0.3, 0.4) is 0 Å². The SMILES string of the molecule is CCCCNC(=O)[C@H](CC)N(Cc1c(Cl)cccc1Cl)C(=O)CN(c1cccc(C)c1C)S(=O)(=O)c1ccccc1. The summed E-state index contributed by atoms with van der Waals surface area (Å²) in [4.78, 5) is 29.0. The van der Waals surface area contributed by atoms with Gasteiger partial charge in [-0.15, -0.1) is 0 Å². The monoisotopic (exact) mass is 617 g/mol. The molecule has 0 saturated carbocycles. The molecule has 41 heavy (non-hydrogen) atoms. The average molecular weight is 619 g/mol. The maximum atomic E-state index is 14.2. The predicted molar refractivity (Wildman–Crippen MR) is 166 cm³/mol. The van der Waals surface area contributed by atoms with Crippen LogP contribution in [0.2, 0.25) is 10.0 Å². The molecular formula is C31H37Cl2N3O4S. The summed E-state index contributed by atoms with van der Waals surface area (Å²) >= 11 is 12.9. The number of hydrogen-bond acceptors (Lipinski definition) is 4. The van der Waals surface area contributed by atoms with Crippen molar-refractivity contribution in [1.82, 2.24) is 10.2 Å². The van der Waals surface area contributed by atoms with Crippen molar-refractivity contribution < 1.29 is 18.0 Å². The van der Waals surface area contributed by atoms with Crippen LogP contribution >= 0.6 is 23.2 Å². The number of halogens is 2. The minimum absolute atomic E-state index is 0.0544. The van der Waals surface area contributed by atoms with E-state index in [1.54, 1.807) is 48.5 Å². The molecule has 1 N–H and O–H groups in total. The molecule has 0 spiro atoms. The maximum Gasteiger partial charge on any atom is 0.264 e. The van der Waals surface area contributed by atoms with Crippen LogP contribution in [0.25, 0.3) is 0 Å². The van der Waals surface area contributed by atoms with Gasteiger partial charge in [-0.25, -0.2) is 8.42 Å². The molecule has 0 aliphatic carbocycles. The number of rotatable bonds is 13. The maximum absolute atomic E-state index is 14.2. The van der Waals surface area contributed by atoms with Gasteiger partial charge in [-0.3, -0.25) is 13.9 Å². The van der Waals surface area contributed by atoms with Crippen molar-refractivity contribution in [3.05, 3.63) is 93.5 Å². The standard InChI is InChI=1S/C31H37Cl2N3O4S/c1-5-7-19-34-31(38)28(6-2)35(20-25-26(32)16-12-17-27(25)33)30(37)21-36(29-18-11-13-22(3)23(29)4)41(39,40)24-14-9-8-10-15-24/h8-18,28H,5-7,19-21H2,1-4H3,(H,34,38)/t28-/m0/s1. The van der Waals surface area contributed by atoms with Crippen LogP contribution in [-0.2, 0) is 26.2 Å². The second-order valence-corrected chi connectivity index (χ2v) is 12.5. The van der Waals surface area contributed by atoms with Crippen molar-refractivity contribution in [2.24, 2.45) is 0 Å². The summed E-state index contributed by atoms with van der Waals surface area (Å²) in [5, 5.41) is 3.61. The molecule has 220 valence electrons. The number of carbonyl (C=O) groups excluding carboxylic acids is 2. The zero-order chi connectivity index (χ0) is 30.2. The van der Waals surface area contributed by atoms with Gasteiger partial charge < -0.3 is 10.2 Å². The van der Waals surface area contributed by atoms with Crippen molar-refractivity contribution in [2.45, 2.75) is 64.4 Å². The van der Waals surface area contributed by atoms with E-state index in [1.807, 2.05) is 33.8 Å². The molecule has 0 aliphatic rings. The molecule has 0 aliphatic heterocycles. The Morgan fingerprint density at radius 1 is 0.902 bits per heavy atom. The van der Waals surface area contributed by atoms with E-state index < -0.39 is 28.5 Å². The number of nitrogens with one attached hydrogen (secondary N) is 1. The minimum atomic E-state index is -4.15. The lowest BCUT2D eigenvalue weighted by atomic mass is 10.1. The van der Waals surface area contributed by atoms with E-state index in [0.29, 0.717) is 34.3 Å². The van der Waals surface area contributed by atoms with Gasteiger partial charge in [-0.1, -0.05) is 79.9 Å². The minimum Gasteiger partial charge on any atom is -0.354 e. The topological polar surface area (TPSA) is 86.8 Å². The smallest absolute Gasteiger partial charge is 0.264 e. The van der Waals surface area contributed by atoms with Crippen LogP contribution in [0.5, 0.6) is 0 Å². The van der Waals surface area contributed by atoms with E-state index in [1.165, 1.54) is 17.0 Å². The average Bonchev–Trinajstić information content (AvgIpc) is 2.95. The van der Waals surface area contributed by atoms with E-state index in [2.05, 4.69) is 5.32 Å². The summed E-state index contributed by atoms with van der Waals surface area (Å²) in [6.07, 6.45) is 2.00. The van der Waals surface area contributed by atoms with Crippen LogP contribution in [0.1, 0.15) is 49.8 Å². The van der Waals surface area contributed by atoms with Crippen molar-refractivity contribution in [2.75, 3.05) is 17.4 Å². The fourth-order valence-electron chi connectivity index (χ4n) is 4.52. The van der Waals surface area contributed by atoms with Crippen LogP contribution in [-0.4, -0.2) is 44.3 Å². The Bertz CT molecular complexity index is 1450. The quantitative estimate of drug-likeness (QED) is 0.221. The molecule has 0 bridgehead atoms. The Balaban J connectivity index is 2.11. The number of aryl methyl sites for hydroxylation is 1. The number of amides is 2. The van der Waals surface area contributed by atoms with Crippen molar-refractivity contribution in [1.29, 1.82) is 0 Å². The Hall–Kier alpha value is -3.07. The highest BCUT2D eigenvalue weighted by Crippen LogP contribution is 2.30. The molecule has 0 aromatic heterocycles. The molecule has 3 aromatic rings. The lowest BCUT2D eigenvalue weighted by Crippen LogP contribution is -2.52. The first-order valence-electron chi connectivity index (χ1n) is 13.7. The summed E-state index contributed by atoms with van der Waals surface area (Å²) in [7, 11) is -4.15. The zero-order valence-electron chi connectivity index (χ0n) is 23.9. The molecule has 10 heteroatoms. The number of anilines is 1. The van der Waals surface area contributed by atoms with Gasteiger partial charge in [0.25, 0.3) is 10.0 Å². The summed E-state index contributed by atoms with van der Waals surface area (Å²) in [6, 6.07) is 17.5. The first kappa shape index (κ1) is 32.4. The summed E-state index contributed by atoms with van der Waals surface area (Å²) in [5.41, 5.74) is 2.47. The van der Waals surface area contributed by atoms with Gasteiger partial charge in [0.05, 0.1) is 10.6 Å². The normalized spacial score (nSPS) is 12.0. The number of hydrogen-bond donors (Lipinski definition) is 1. The van der Waals surface area contributed by atoms with E-state index in [-0.39, 0.29) is 17.3 Å². The van der Waals surface area contributed by atoms with Gasteiger partial charge in [0.1, 0.15) is 12.6 Å². The van der Waals surface area contributed by atoms with E-state index in [9.17, 15) is 18.0 Å². The Morgan fingerprint density at radius 2 is 1.54 bits per heavy atom. The highest BCUT2D eigenvalue weighted by atomic mass is 35.5. The van der Waals surface area contributed by atoms with Crippen LogP contribution in [0.4, 0.5) is 5.69 Å². The van der Waals surface area contributed by atoms with Gasteiger partial charge in [0, 0.05) is 28.7 Å². The Morgan fingerprint density at radius 3 is 2.15 bits per heavy atom. The summed E-state index contributed by atoms with van der Waals surface area (Å²) in [6.45, 7) is 7.41. The first-order chi connectivity index (χ1) is 19.5. The molecule has 0 heterocycles. The van der Waals surface area contributed by atoms with Crippen molar-refractivity contribution in [3.8, 4) is 0 Å². The van der Waals surface area contributed by atoms with E-state index in [0.717, 1.165) is 28.3 Å². The molecule has 3 rings (SSSR count). The molecule has 0 saturated heterocycles. The lowest BCUT2D eigenvalue weighted by molar-refractivity contribution is -0.140. The van der Waals surface area contributed by atoms with Gasteiger partial charge >= 0.3 is 0 Å². The number of nitrogens with zero attached hydrogens (tertiary/aromatic N) is 2. The predicted octanol–water partition coefficient (Wildman–Crippen LogP) is 6.53. The number of sulfonamides is 1. The Labute approximate surface area is 253 Å². The number of unbranched alkanes of at least 4 members (excludes halogenated alkanes) is 1. The molecule has 0 radical (unpaired) electrons. The van der Waals surface area contributed by atoms with Gasteiger partial charge in [0.15, 0.2) is 0 Å². The van der Waals surface area contributed by atoms with Crippen molar-refractivity contribution >= 4 is 50.7 Å². The molecule has 7 nitrogen and oxygen atoms in total. The number of benzene rings is 3. The largest absolute Gasteiger partial charge is 0.354 e. The lowest BCUT2D eigenvalue weighted by Gasteiger charge is -2.34. The molecule has 0 unspecified atom stereocenters. The summed E-state index contributed by atoms with van der Waals surface area (Å²) in [5.74, 6) is -0.874. The van der Waals surface area contributed by atoms with Gasteiger partial charge in [0.2, 0.25) is 11.8 Å². The van der Waals surface area contributed by atoms with Crippen LogP contribution in [0, 0.1) is 13.8 Å². The molecule has 2 amide bonds. The third kappa shape index (κ3) is 7.82. The highest BCUT2D eigenvalue weighted by Gasteiger charge is 2.34. The molecular weight excluding hydrogens is 581 g/mol. The molecule has 3 aromatic carbocycles. The van der Waals surface area contributed by atoms with Crippen LogP contribution in [0.15, 0.2) is 71.6 Å². The fraction of sp³-hybridized carbons (Fsp3) is 0.355. The third-order valence-electron chi connectivity index (χ3n) is 7.06. The fourth-order valence-corrected chi connectivity index (χ4v) is 6.53. The number of carbonyl (C=O) groups is 2. The summed E-state index contributed by atoms with van der Waals surface area (Å²) < 4.78 is 29.1. The third-order valence-corrected chi connectivity index (χ3v) is 9.54. The zero-order valence-corrected chi connectivity index (χ0v) is 26.2. The van der Waals surface area contributed by atoms with Gasteiger partial charge in [-0.05, 0) is 68.1 Å². The van der Waals surface area contributed by atoms with E-state index in [4.69, 9.17) is 23.2 Å². The first-order valence-corrected chi connectivity index (χ1v) is 15.9.